The van der Waals surface area contributed by atoms with E-state index in [2.05, 4.69) is 18.0 Å². The zero-order chi connectivity index (χ0) is 13.2. The highest BCUT2D eigenvalue weighted by atomic mass is 35.5. The highest BCUT2D eigenvalue weighted by molar-refractivity contribution is 6.30. The minimum absolute atomic E-state index is 0.0689. The van der Waals surface area contributed by atoms with Crippen molar-refractivity contribution in [2.24, 2.45) is 4.99 Å². The summed E-state index contributed by atoms with van der Waals surface area (Å²) in [6.45, 7) is 2.12. The van der Waals surface area contributed by atoms with Crippen LogP contribution in [0.3, 0.4) is 0 Å². The number of hydrogen-bond donors (Lipinski definition) is 0. The number of hydrogen-bond acceptors (Lipinski definition) is 2. The van der Waals surface area contributed by atoms with E-state index in [0.29, 0.717) is 10.9 Å². The lowest BCUT2D eigenvalue weighted by atomic mass is 10.0. The second kappa shape index (κ2) is 5.06. The Morgan fingerprint density at radius 3 is 2.58 bits per heavy atom. The Balaban J connectivity index is 2.05. The van der Waals surface area contributed by atoms with Crippen LogP contribution < -0.4 is 0 Å². The molecule has 1 aliphatic rings. The molecule has 19 heavy (non-hydrogen) atoms. The summed E-state index contributed by atoms with van der Waals surface area (Å²) in [5, 5.41) is 0.715. The predicted molar refractivity (Wildman–Crippen MR) is 78.2 cm³/mol. The van der Waals surface area contributed by atoms with Crippen LogP contribution in [0, 0.1) is 0 Å². The first-order valence-electron chi connectivity index (χ1n) is 6.38. The molecule has 0 amide bonds. The summed E-state index contributed by atoms with van der Waals surface area (Å²) in [7, 11) is 0. The molecule has 1 unspecified atom stereocenters. The van der Waals surface area contributed by atoms with Crippen molar-refractivity contribution in [1.82, 2.24) is 0 Å². The van der Waals surface area contributed by atoms with Gasteiger partial charge in [-0.2, -0.15) is 0 Å². The fourth-order valence-electron chi connectivity index (χ4n) is 2.22. The van der Waals surface area contributed by atoms with Crippen LogP contribution in [0.25, 0.3) is 0 Å². The van der Waals surface area contributed by atoms with Gasteiger partial charge in [0.05, 0.1) is 5.69 Å². The Kier molecular flexibility index (Phi) is 3.26. The van der Waals surface area contributed by atoms with Crippen molar-refractivity contribution in [2.75, 3.05) is 0 Å². The van der Waals surface area contributed by atoms with Crippen molar-refractivity contribution >= 4 is 23.2 Å². The van der Waals surface area contributed by atoms with Crippen LogP contribution in [0.5, 0.6) is 0 Å². The Labute approximate surface area is 117 Å². The van der Waals surface area contributed by atoms with Crippen molar-refractivity contribution in [1.29, 1.82) is 0 Å². The van der Waals surface area contributed by atoms with Crippen molar-refractivity contribution in [3.63, 3.8) is 0 Å². The molecule has 1 atom stereocenters. The number of ether oxygens (including phenoxy) is 1. The van der Waals surface area contributed by atoms with E-state index < -0.39 is 0 Å². The van der Waals surface area contributed by atoms with Crippen molar-refractivity contribution < 1.29 is 4.74 Å². The summed E-state index contributed by atoms with van der Waals surface area (Å²) >= 11 is 5.91. The van der Waals surface area contributed by atoms with Gasteiger partial charge in [-0.25, -0.2) is 4.99 Å². The fourth-order valence-corrected chi connectivity index (χ4v) is 2.35. The molecule has 0 N–H and O–H groups in total. The normalized spacial score (nSPS) is 17.4. The average Bonchev–Trinajstić information content (AvgIpc) is 2.47. The van der Waals surface area contributed by atoms with Gasteiger partial charge in [-0.05, 0) is 36.8 Å². The van der Waals surface area contributed by atoms with Gasteiger partial charge in [-0.3, -0.25) is 0 Å². The van der Waals surface area contributed by atoms with E-state index in [0.717, 1.165) is 23.2 Å². The zero-order valence-corrected chi connectivity index (χ0v) is 11.4. The van der Waals surface area contributed by atoms with E-state index in [1.54, 1.807) is 0 Å². The van der Waals surface area contributed by atoms with E-state index in [9.17, 15) is 0 Å². The Bertz CT molecular complexity index is 619. The number of benzene rings is 2. The lowest BCUT2D eigenvalue weighted by Crippen LogP contribution is -2.16. The molecular weight excluding hydrogens is 258 g/mol. The highest BCUT2D eigenvalue weighted by Crippen LogP contribution is 2.35. The summed E-state index contributed by atoms with van der Waals surface area (Å²) in [6.07, 6.45) is 0.989. The zero-order valence-electron chi connectivity index (χ0n) is 10.6. The molecule has 0 fully saturated rings. The van der Waals surface area contributed by atoms with Gasteiger partial charge in [0, 0.05) is 16.1 Å². The maximum absolute atomic E-state index is 5.99. The van der Waals surface area contributed by atoms with Crippen LogP contribution in [0.15, 0.2) is 53.5 Å². The van der Waals surface area contributed by atoms with Gasteiger partial charge >= 0.3 is 0 Å². The van der Waals surface area contributed by atoms with E-state index in [-0.39, 0.29) is 6.10 Å². The molecule has 2 aromatic carbocycles. The van der Waals surface area contributed by atoms with E-state index >= 15 is 0 Å². The molecule has 0 saturated carbocycles. The molecule has 0 aromatic heterocycles. The topological polar surface area (TPSA) is 21.6 Å². The molecule has 3 rings (SSSR count). The van der Waals surface area contributed by atoms with Crippen LogP contribution in [0.1, 0.15) is 30.6 Å². The van der Waals surface area contributed by atoms with Crippen LogP contribution in [-0.4, -0.2) is 5.90 Å². The van der Waals surface area contributed by atoms with Crippen molar-refractivity contribution in [2.45, 2.75) is 19.4 Å². The minimum Gasteiger partial charge on any atom is -0.469 e. The summed E-state index contributed by atoms with van der Waals surface area (Å²) in [5.74, 6) is 0.669. The molecule has 1 heterocycles. The molecule has 0 saturated heterocycles. The lowest BCUT2D eigenvalue weighted by molar-refractivity contribution is 0.184. The third kappa shape index (κ3) is 2.36. The highest BCUT2D eigenvalue weighted by Gasteiger charge is 2.22. The number of fused-ring (bicyclic) bond motifs is 1. The third-order valence-corrected chi connectivity index (χ3v) is 3.47. The van der Waals surface area contributed by atoms with Crippen LogP contribution in [-0.2, 0) is 4.74 Å². The summed E-state index contributed by atoms with van der Waals surface area (Å²) < 4.78 is 5.99. The molecule has 2 nitrogen and oxygen atoms in total. The van der Waals surface area contributed by atoms with Crippen molar-refractivity contribution in [3.8, 4) is 0 Å². The van der Waals surface area contributed by atoms with Gasteiger partial charge < -0.3 is 4.74 Å². The van der Waals surface area contributed by atoms with Gasteiger partial charge in [0.15, 0.2) is 0 Å². The standard InChI is InChI=1S/C16H14ClNO/c1-2-15-13-5-3-4-6-14(13)18-16(19-15)11-7-9-12(17)10-8-11/h3-10,15H,2H2,1H3. The second-order valence-electron chi connectivity index (χ2n) is 4.50. The molecule has 2 aromatic rings. The molecule has 3 heteroatoms. The van der Waals surface area contributed by atoms with E-state index in [1.165, 1.54) is 0 Å². The predicted octanol–water partition coefficient (Wildman–Crippen LogP) is 4.90. The first-order valence-corrected chi connectivity index (χ1v) is 6.76. The van der Waals surface area contributed by atoms with E-state index in [1.807, 2.05) is 42.5 Å². The maximum atomic E-state index is 5.99. The molecule has 0 radical (unpaired) electrons. The molecule has 96 valence electrons. The first-order chi connectivity index (χ1) is 9.28. The van der Waals surface area contributed by atoms with Crippen LogP contribution in [0.4, 0.5) is 5.69 Å². The van der Waals surface area contributed by atoms with Gasteiger partial charge in [0.2, 0.25) is 5.90 Å². The van der Waals surface area contributed by atoms with Gasteiger partial charge in [0.25, 0.3) is 0 Å². The van der Waals surface area contributed by atoms with Gasteiger partial charge in [-0.1, -0.05) is 36.7 Å². The third-order valence-electron chi connectivity index (χ3n) is 3.22. The molecule has 0 spiro atoms. The fraction of sp³-hybridized carbons (Fsp3) is 0.188. The number of halogens is 1. The molecular formula is C16H14ClNO. The van der Waals surface area contributed by atoms with Gasteiger partial charge in [0.1, 0.15) is 6.10 Å². The Morgan fingerprint density at radius 2 is 1.84 bits per heavy atom. The number of aliphatic imine (C=N–C) groups is 1. The minimum atomic E-state index is 0.0689. The SMILES string of the molecule is CCC1OC(c2ccc(Cl)cc2)=Nc2ccccc21. The molecule has 1 aliphatic heterocycles. The average molecular weight is 272 g/mol. The monoisotopic (exact) mass is 271 g/mol. The quantitative estimate of drug-likeness (QED) is 0.761. The summed E-state index contributed by atoms with van der Waals surface area (Å²) in [6, 6.07) is 15.7. The van der Waals surface area contributed by atoms with Crippen molar-refractivity contribution in [3.05, 3.63) is 64.7 Å². The van der Waals surface area contributed by atoms with Gasteiger partial charge in [-0.15, -0.1) is 0 Å². The van der Waals surface area contributed by atoms with Crippen LogP contribution in [0.2, 0.25) is 5.02 Å². The number of para-hydroxylation sites is 1. The lowest BCUT2D eigenvalue weighted by Gasteiger charge is -2.25. The van der Waals surface area contributed by atoms with E-state index in [4.69, 9.17) is 16.3 Å². The smallest absolute Gasteiger partial charge is 0.221 e. The molecule has 0 aliphatic carbocycles. The summed E-state index contributed by atoms with van der Waals surface area (Å²) in [4.78, 5) is 4.59. The second-order valence-corrected chi connectivity index (χ2v) is 4.93. The summed E-state index contributed by atoms with van der Waals surface area (Å²) in [5.41, 5.74) is 3.10. The largest absolute Gasteiger partial charge is 0.469 e. The number of rotatable bonds is 2. The maximum Gasteiger partial charge on any atom is 0.221 e. The Morgan fingerprint density at radius 1 is 1.11 bits per heavy atom. The molecule has 0 bridgehead atoms. The Hall–Kier alpha value is -1.80. The number of nitrogens with zero attached hydrogens (tertiary/aromatic N) is 1. The first kappa shape index (κ1) is 12.2. The van der Waals surface area contributed by atoms with Crippen LogP contribution >= 0.6 is 11.6 Å².